The van der Waals surface area contributed by atoms with E-state index < -0.39 is 0 Å². The molecule has 3 N–H and O–H groups in total. The predicted octanol–water partition coefficient (Wildman–Crippen LogP) is 0.807. The second-order valence-corrected chi connectivity index (χ2v) is 5.32. The topological polar surface area (TPSA) is 84.0 Å². The number of nitrogens with one attached hydrogen (secondary N) is 3. The normalized spacial score (nSPS) is 11.2. The van der Waals surface area contributed by atoms with E-state index in [2.05, 4.69) is 20.9 Å². The lowest BCUT2D eigenvalue weighted by molar-refractivity contribution is 0.0748. The standard InChI is InChI=1S/C18H30N4O3/c1-4-20-18(22-10-11-25-13-12-24-3)21-9-8-15-6-5-7-16(14-15)17(23)19-2/h5-7,14H,4,8-13H2,1-3H3,(H,19,23)(H2,20,21,22). The van der Waals surface area contributed by atoms with Crippen molar-refractivity contribution in [2.75, 3.05) is 53.6 Å². The van der Waals surface area contributed by atoms with Crippen LogP contribution in [-0.4, -0.2) is 65.5 Å². The minimum absolute atomic E-state index is 0.0711. The molecule has 140 valence electrons. The Balaban J connectivity index is 2.40. The van der Waals surface area contributed by atoms with Gasteiger partial charge in [0, 0.05) is 32.8 Å². The highest BCUT2D eigenvalue weighted by Crippen LogP contribution is 2.05. The summed E-state index contributed by atoms with van der Waals surface area (Å²) in [5.41, 5.74) is 1.78. The zero-order valence-electron chi connectivity index (χ0n) is 15.4. The Morgan fingerprint density at radius 2 is 2.04 bits per heavy atom. The van der Waals surface area contributed by atoms with Crippen LogP contribution >= 0.6 is 0 Å². The van der Waals surface area contributed by atoms with Gasteiger partial charge in [0.2, 0.25) is 0 Å². The summed E-state index contributed by atoms with van der Waals surface area (Å²) in [5, 5.41) is 9.13. The number of benzene rings is 1. The van der Waals surface area contributed by atoms with Crippen molar-refractivity contribution < 1.29 is 14.3 Å². The van der Waals surface area contributed by atoms with Gasteiger partial charge in [-0.15, -0.1) is 0 Å². The van der Waals surface area contributed by atoms with Gasteiger partial charge in [-0.3, -0.25) is 9.79 Å². The molecule has 0 unspecified atom stereocenters. The van der Waals surface area contributed by atoms with Gasteiger partial charge in [0.15, 0.2) is 5.96 Å². The first-order valence-electron chi connectivity index (χ1n) is 8.61. The van der Waals surface area contributed by atoms with Gasteiger partial charge in [-0.1, -0.05) is 12.1 Å². The monoisotopic (exact) mass is 350 g/mol. The van der Waals surface area contributed by atoms with Crippen molar-refractivity contribution in [3.8, 4) is 0 Å². The second kappa shape index (κ2) is 13.2. The van der Waals surface area contributed by atoms with Gasteiger partial charge >= 0.3 is 0 Å². The van der Waals surface area contributed by atoms with E-state index in [4.69, 9.17) is 9.47 Å². The van der Waals surface area contributed by atoms with E-state index >= 15 is 0 Å². The number of carbonyl (C=O) groups is 1. The van der Waals surface area contributed by atoms with Crippen molar-refractivity contribution in [1.82, 2.24) is 16.0 Å². The van der Waals surface area contributed by atoms with Gasteiger partial charge in [-0.05, 0) is 31.0 Å². The van der Waals surface area contributed by atoms with Crippen LogP contribution in [0, 0.1) is 0 Å². The fourth-order valence-electron chi connectivity index (χ4n) is 2.15. The lowest BCUT2D eigenvalue weighted by Crippen LogP contribution is -2.38. The molecule has 0 radical (unpaired) electrons. The van der Waals surface area contributed by atoms with Crippen molar-refractivity contribution in [3.05, 3.63) is 35.4 Å². The quantitative estimate of drug-likeness (QED) is 0.312. The molecule has 0 aliphatic rings. The van der Waals surface area contributed by atoms with Crippen LogP contribution in [0.4, 0.5) is 0 Å². The van der Waals surface area contributed by atoms with Crippen molar-refractivity contribution in [3.63, 3.8) is 0 Å². The molecule has 0 saturated carbocycles. The Labute approximate surface area is 150 Å². The molecule has 0 atom stereocenters. The average Bonchev–Trinajstić information content (AvgIpc) is 2.64. The molecule has 0 bridgehead atoms. The molecule has 1 amide bonds. The van der Waals surface area contributed by atoms with Crippen LogP contribution in [0.15, 0.2) is 29.3 Å². The molecule has 0 saturated heterocycles. The van der Waals surface area contributed by atoms with Gasteiger partial charge in [0.1, 0.15) is 0 Å². The van der Waals surface area contributed by atoms with Crippen LogP contribution in [0.5, 0.6) is 0 Å². The summed E-state index contributed by atoms with van der Waals surface area (Å²) >= 11 is 0. The molecular formula is C18H30N4O3. The fourth-order valence-corrected chi connectivity index (χ4v) is 2.15. The molecule has 1 aromatic carbocycles. The Hall–Kier alpha value is -2.12. The number of nitrogens with zero attached hydrogens (tertiary/aromatic N) is 1. The molecule has 0 aliphatic carbocycles. The number of ether oxygens (including phenoxy) is 2. The summed E-state index contributed by atoms with van der Waals surface area (Å²) in [4.78, 5) is 16.1. The summed E-state index contributed by atoms with van der Waals surface area (Å²) in [5.74, 6) is 0.693. The molecule has 0 heterocycles. The largest absolute Gasteiger partial charge is 0.382 e. The van der Waals surface area contributed by atoms with Crippen LogP contribution in [-0.2, 0) is 15.9 Å². The van der Waals surface area contributed by atoms with Crippen LogP contribution in [0.2, 0.25) is 0 Å². The lowest BCUT2D eigenvalue weighted by Gasteiger charge is -2.12. The SMILES string of the molecule is CCNC(=NCCOCCOC)NCCc1cccc(C(=O)NC)c1. The van der Waals surface area contributed by atoms with Crippen molar-refractivity contribution in [1.29, 1.82) is 0 Å². The fraction of sp³-hybridized carbons (Fsp3) is 0.556. The molecule has 1 aromatic rings. The maximum absolute atomic E-state index is 11.7. The Bertz CT molecular complexity index is 535. The maximum Gasteiger partial charge on any atom is 0.251 e. The molecule has 25 heavy (non-hydrogen) atoms. The molecule has 0 spiro atoms. The molecule has 0 fully saturated rings. The average molecular weight is 350 g/mol. The van der Waals surface area contributed by atoms with Crippen molar-refractivity contribution in [2.45, 2.75) is 13.3 Å². The van der Waals surface area contributed by atoms with E-state index in [1.54, 1.807) is 14.2 Å². The number of methoxy groups -OCH3 is 1. The predicted molar refractivity (Wildman–Crippen MR) is 100 cm³/mol. The van der Waals surface area contributed by atoms with E-state index in [9.17, 15) is 4.79 Å². The van der Waals surface area contributed by atoms with E-state index in [0.717, 1.165) is 31.0 Å². The summed E-state index contributed by atoms with van der Waals surface area (Å²) in [6.07, 6.45) is 0.805. The number of amides is 1. The summed E-state index contributed by atoms with van der Waals surface area (Å²) in [6.45, 7) is 5.88. The van der Waals surface area contributed by atoms with E-state index in [0.29, 0.717) is 31.9 Å². The first kappa shape index (κ1) is 20.9. The van der Waals surface area contributed by atoms with Gasteiger partial charge in [0.25, 0.3) is 5.91 Å². The van der Waals surface area contributed by atoms with Gasteiger partial charge in [-0.2, -0.15) is 0 Å². The van der Waals surface area contributed by atoms with Crippen LogP contribution < -0.4 is 16.0 Å². The summed E-state index contributed by atoms with van der Waals surface area (Å²) < 4.78 is 10.3. The molecule has 7 heteroatoms. The van der Waals surface area contributed by atoms with Crippen molar-refractivity contribution >= 4 is 11.9 Å². The molecule has 7 nitrogen and oxygen atoms in total. The van der Waals surface area contributed by atoms with E-state index in [1.165, 1.54) is 0 Å². The highest BCUT2D eigenvalue weighted by atomic mass is 16.5. The third-order valence-electron chi connectivity index (χ3n) is 3.40. The number of hydrogen-bond donors (Lipinski definition) is 3. The second-order valence-electron chi connectivity index (χ2n) is 5.32. The maximum atomic E-state index is 11.7. The van der Waals surface area contributed by atoms with Crippen LogP contribution in [0.1, 0.15) is 22.8 Å². The highest BCUT2D eigenvalue weighted by molar-refractivity contribution is 5.94. The summed E-state index contributed by atoms with van der Waals surface area (Å²) in [7, 11) is 3.29. The molecule has 0 aliphatic heterocycles. The first-order valence-corrected chi connectivity index (χ1v) is 8.61. The smallest absolute Gasteiger partial charge is 0.251 e. The van der Waals surface area contributed by atoms with Crippen LogP contribution in [0.25, 0.3) is 0 Å². The van der Waals surface area contributed by atoms with Crippen LogP contribution in [0.3, 0.4) is 0 Å². The third kappa shape index (κ3) is 9.07. The highest BCUT2D eigenvalue weighted by Gasteiger charge is 2.04. The van der Waals surface area contributed by atoms with Gasteiger partial charge in [-0.25, -0.2) is 0 Å². The Kier molecular flexibility index (Phi) is 11.0. The summed E-state index contributed by atoms with van der Waals surface area (Å²) in [6, 6.07) is 7.64. The van der Waals surface area contributed by atoms with Gasteiger partial charge in [0.05, 0.1) is 26.4 Å². The minimum atomic E-state index is -0.0711. The zero-order chi connectivity index (χ0) is 18.3. The molecular weight excluding hydrogens is 320 g/mol. The zero-order valence-corrected chi connectivity index (χ0v) is 15.4. The van der Waals surface area contributed by atoms with Gasteiger partial charge < -0.3 is 25.4 Å². The van der Waals surface area contributed by atoms with E-state index in [-0.39, 0.29) is 5.91 Å². The number of guanidine groups is 1. The number of rotatable bonds is 11. The molecule has 1 rings (SSSR count). The number of carbonyl (C=O) groups excluding carboxylic acids is 1. The first-order chi connectivity index (χ1) is 12.2. The molecule has 0 aromatic heterocycles. The number of aliphatic imine (C=N–C) groups is 1. The minimum Gasteiger partial charge on any atom is -0.382 e. The third-order valence-corrected chi connectivity index (χ3v) is 3.40. The Morgan fingerprint density at radius 3 is 2.76 bits per heavy atom. The lowest BCUT2D eigenvalue weighted by atomic mass is 10.1. The van der Waals surface area contributed by atoms with E-state index in [1.807, 2.05) is 31.2 Å². The number of hydrogen-bond acceptors (Lipinski definition) is 4. The van der Waals surface area contributed by atoms with Crippen molar-refractivity contribution in [2.24, 2.45) is 4.99 Å². The Morgan fingerprint density at radius 1 is 1.20 bits per heavy atom.